The van der Waals surface area contributed by atoms with Crippen LogP contribution in [0.2, 0.25) is 0 Å². The van der Waals surface area contributed by atoms with Crippen LogP contribution in [0.25, 0.3) is 0 Å². The Labute approximate surface area is 73.9 Å². The second kappa shape index (κ2) is 3.83. The first-order chi connectivity index (χ1) is 5.72. The van der Waals surface area contributed by atoms with Crippen LogP contribution in [0.1, 0.15) is 12.1 Å². The highest BCUT2D eigenvalue weighted by molar-refractivity contribution is 7.13. The molecule has 0 aliphatic heterocycles. The third-order valence-electron chi connectivity index (χ3n) is 1.10. The van der Waals surface area contributed by atoms with E-state index in [4.69, 9.17) is 5.26 Å². The van der Waals surface area contributed by atoms with Gasteiger partial charge in [-0.05, 0) is 6.92 Å². The molecule has 0 bridgehead atoms. The van der Waals surface area contributed by atoms with Gasteiger partial charge in [0.1, 0.15) is 6.42 Å². The number of nitrogens with one attached hydrogen (secondary N) is 1. The molecule has 5 heteroatoms. The number of aromatic nitrogens is 1. The third kappa shape index (κ3) is 2.32. The maximum atomic E-state index is 10.9. The first-order valence-corrected chi connectivity index (χ1v) is 4.19. The van der Waals surface area contributed by atoms with E-state index in [1.54, 1.807) is 6.07 Å². The fourth-order valence-corrected chi connectivity index (χ4v) is 1.35. The van der Waals surface area contributed by atoms with Crippen LogP contribution in [-0.2, 0) is 4.79 Å². The lowest BCUT2D eigenvalue weighted by atomic mass is 10.4. The Hall–Kier alpha value is -1.41. The van der Waals surface area contributed by atoms with Gasteiger partial charge in [-0.1, -0.05) is 0 Å². The Morgan fingerprint density at radius 1 is 1.92 bits per heavy atom. The van der Waals surface area contributed by atoms with E-state index in [1.165, 1.54) is 11.3 Å². The molecule has 1 rings (SSSR count). The summed E-state index contributed by atoms with van der Waals surface area (Å²) in [4.78, 5) is 14.9. The van der Waals surface area contributed by atoms with Gasteiger partial charge in [0.05, 0.1) is 11.8 Å². The van der Waals surface area contributed by atoms with Crippen molar-refractivity contribution in [3.63, 3.8) is 0 Å². The van der Waals surface area contributed by atoms with Crippen molar-refractivity contribution in [3.8, 4) is 6.07 Å². The minimum absolute atomic E-state index is 0.126. The summed E-state index contributed by atoms with van der Waals surface area (Å²) in [6, 6.07) is 1.76. The summed E-state index contributed by atoms with van der Waals surface area (Å²) < 4.78 is 0. The van der Waals surface area contributed by atoms with E-state index in [1.807, 2.05) is 12.3 Å². The lowest BCUT2D eigenvalue weighted by molar-refractivity contribution is -0.115. The number of amides is 1. The molecular formula is C7H7N3OS. The Morgan fingerprint density at radius 2 is 2.67 bits per heavy atom. The first kappa shape index (κ1) is 8.68. The topological polar surface area (TPSA) is 65.8 Å². The maximum absolute atomic E-state index is 10.9. The van der Waals surface area contributed by atoms with Gasteiger partial charge >= 0.3 is 0 Å². The van der Waals surface area contributed by atoms with E-state index in [2.05, 4.69) is 10.3 Å². The minimum Gasteiger partial charge on any atom is -0.301 e. The molecule has 0 aliphatic rings. The zero-order chi connectivity index (χ0) is 8.97. The number of thiazole rings is 1. The molecule has 1 aromatic heterocycles. The highest BCUT2D eigenvalue weighted by Gasteiger charge is 2.03. The van der Waals surface area contributed by atoms with Gasteiger partial charge in [-0.25, -0.2) is 4.98 Å². The zero-order valence-electron chi connectivity index (χ0n) is 6.50. The zero-order valence-corrected chi connectivity index (χ0v) is 7.31. The molecule has 0 radical (unpaired) electrons. The molecule has 1 amide bonds. The van der Waals surface area contributed by atoms with Crippen molar-refractivity contribution < 1.29 is 4.79 Å². The molecule has 0 aliphatic carbocycles. The lowest BCUT2D eigenvalue weighted by Crippen LogP contribution is -2.09. The molecular weight excluding hydrogens is 174 g/mol. The predicted molar refractivity (Wildman–Crippen MR) is 45.7 cm³/mol. The van der Waals surface area contributed by atoms with Crippen molar-refractivity contribution in [2.75, 3.05) is 5.32 Å². The number of nitrogens with zero attached hydrogens (tertiary/aromatic N) is 2. The molecule has 1 heterocycles. The minimum atomic E-state index is -0.313. The van der Waals surface area contributed by atoms with Gasteiger partial charge in [-0.15, -0.1) is 11.3 Å². The van der Waals surface area contributed by atoms with Gasteiger partial charge in [0.25, 0.3) is 0 Å². The molecule has 0 unspecified atom stereocenters. The third-order valence-corrected chi connectivity index (χ3v) is 1.98. The second-order valence-corrected chi connectivity index (χ2v) is 3.04. The van der Waals surface area contributed by atoms with E-state index >= 15 is 0 Å². The van der Waals surface area contributed by atoms with Crippen molar-refractivity contribution in [2.45, 2.75) is 13.3 Å². The SMILES string of the molecule is Cc1csc(NC(=O)CC#N)n1. The summed E-state index contributed by atoms with van der Waals surface area (Å²) in [6.45, 7) is 1.84. The summed E-state index contributed by atoms with van der Waals surface area (Å²) in [7, 11) is 0. The first-order valence-electron chi connectivity index (χ1n) is 3.31. The van der Waals surface area contributed by atoms with Crippen LogP contribution in [0.3, 0.4) is 0 Å². The molecule has 0 saturated heterocycles. The average molecular weight is 181 g/mol. The molecule has 0 fully saturated rings. The largest absolute Gasteiger partial charge is 0.301 e. The summed E-state index contributed by atoms with van der Waals surface area (Å²) in [5.41, 5.74) is 0.868. The molecule has 1 N–H and O–H groups in total. The van der Waals surface area contributed by atoms with Crippen molar-refractivity contribution in [1.29, 1.82) is 5.26 Å². The van der Waals surface area contributed by atoms with E-state index < -0.39 is 0 Å². The van der Waals surface area contributed by atoms with Crippen molar-refractivity contribution in [3.05, 3.63) is 11.1 Å². The van der Waals surface area contributed by atoms with Gasteiger partial charge in [0, 0.05) is 5.38 Å². The Balaban J connectivity index is 2.53. The quantitative estimate of drug-likeness (QED) is 0.747. The molecule has 62 valence electrons. The second-order valence-electron chi connectivity index (χ2n) is 2.18. The van der Waals surface area contributed by atoms with Gasteiger partial charge in [0.15, 0.2) is 5.13 Å². The highest BCUT2D eigenvalue weighted by Crippen LogP contribution is 2.14. The van der Waals surface area contributed by atoms with Crippen LogP contribution in [0.15, 0.2) is 5.38 Å². The number of anilines is 1. The maximum Gasteiger partial charge on any atom is 0.240 e. The summed E-state index contributed by atoms with van der Waals surface area (Å²) in [6.07, 6.45) is -0.126. The normalized spacial score (nSPS) is 9.00. The molecule has 0 spiro atoms. The summed E-state index contributed by atoms with van der Waals surface area (Å²) in [5.74, 6) is -0.313. The van der Waals surface area contributed by atoms with Crippen LogP contribution < -0.4 is 5.32 Å². The Kier molecular flexibility index (Phi) is 2.77. The fraction of sp³-hybridized carbons (Fsp3) is 0.286. The highest BCUT2D eigenvalue weighted by atomic mass is 32.1. The van der Waals surface area contributed by atoms with Crippen molar-refractivity contribution in [1.82, 2.24) is 4.98 Å². The van der Waals surface area contributed by atoms with Crippen molar-refractivity contribution in [2.24, 2.45) is 0 Å². The Bertz CT molecular complexity index is 326. The van der Waals surface area contributed by atoms with Gasteiger partial charge in [-0.2, -0.15) is 5.26 Å². The predicted octanol–water partition coefficient (Wildman–Crippen LogP) is 1.30. The number of nitriles is 1. The van der Waals surface area contributed by atoms with Crippen LogP contribution in [0.5, 0.6) is 0 Å². The van der Waals surface area contributed by atoms with Crippen LogP contribution in [-0.4, -0.2) is 10.9 Å². The fourth-order valence-electron chi connectivity index (χ4n) is 0.647. The number of hydrogen-bond donors (Lipinski definition) is 1. The van der Waals surface area contributed by atoms with Gasteiger partial charge in [0.2, 0.25) is 5.91 Å². The molecule has 1 aromatic rings. The van der Waals surface area contributed by atoms with E-state index in [9.17, 15) is 4.79 Å². The van der Waals surface area contributed by atoms with E-state index in [-0.39, 0.29) is 12.3 Å². The monoisotopic (exact) mass is 181 g/mol. The standard InChI is InChI=1S/C7H7N3OS/c1-5-4-12-7(9-5)10-6(11)2-3-8/h4H,2H2,1H3,(H,9,10,11). The molecule has 0 aromatic carbocycles. The average Bonchev–Trinajstić information content (AvgIpc) is 2.36. The number of carbonyl (C=O) groups excluding carboxylic acids is 1. The molecule has 4 nitrogen and oxygen atoms in total. The van der Waals surface area contributed by atoms with Crippen LogP contribution >= 0.6 is 11.3 Å². The van der Waals surface area contributed by atoms with E-state index in [0.717, 1.165) is 5.69 Å². The van der Waals surface area contributed by atoms with Crippen molar-refractivity contribution >= 4 is 22.4 Å². The lowest BCUT2D eigenvalue weighted by Gasteiger charge is -1.94. The number of rotatable bonds is 2. The van der Waals surface area contributed by atoms with Gasteiger partial charge < -0.3 is 5.32 Å². The molecule has 0 atom stereocenters. The summed E-state index contributed by atoms with van der Waals surface area (Å²) >= 11 is 1.35. The van der Waals surface area contributed by atoms with Crippen LogP contribution in [0, 0.1) is 18.3 Å². The van der Waals surface area contributed by atoms with Crippen LogP contribution in [0.4, 0.5) is 5.13 Å². The molecule has 0 saturated carbocycles. The number of hydrogen-bond acceptors (Lipinski definition) is 4. The number of aryl methyl sites for hydroxylation is 1. The smallest absolute Gasteiger partial charge is 0.240 e. The number of carbonyl (C=O) groups is 1. The van der Waals surface area contributed by atoms with E-state index in [0.29, 0.717) is 5.13 Å². The van der Waals surface area contributed by atoms with Gasteiger partial charge in [-0.3, -0.25) is 4.79 Å². The Morgan fingerprint density at radius 3 is 3.17 bits per heavy atom. The summed E-state index contributed by atoms with van der Waals surface area (Å²) in [5, 5.41) is 13.1. The molecule has 12 heavy (non-hydrogen) atoms.